The van der Waals surface area contributed by atoms with E-state index in [1.807, 2.05) is 48.5 Å². The second-order valence-corrected chi connectivity index (χ2v) is 7.80. The molecule has 126 valence electrons. The third-order valence-corrected chi connectivity index (χ3v) is 5.64. The van der Waals surface area contributed by atoms with Crippen molar-refractivity contribution in [1.29, 1.82) is 0 Å². The Morgan fingerprint density at radius 1 is 1.20 bits per heavy atom. The molecule has 1 saturated heterocycles. The van der Waals surface area contributed by atoms with Crippen LogP contribution in [0.2, 0.25) is 0 Å². The number of thiazole rings is 1. The third kappa shape index (κ3) is 3.29. The van der Waals surface area contributed by atoms with Crippen LogP contribution in [0.4, 0.5) is 10.8 Å². The molecule has 1 fully saturated rings. The number of nitrogens with one attached hydrogen (secondary N) is 1. The summed E-state index contributed by atoms with van der Waals surface area (Å²) in [6, 6.07) is 15.3. The van der Waals surface area contributed by atoms with Crippen LogP contribution in [0.5, 0.6) is 0 Å². The number of carbonyl (C=O) groups is 2. The van der Waals surface area contributed by atoms with E-state index < -0.39 is 0 Å². The quantitative estimate of drug-likeness (QED) is 0.701. The second-order valence-electron chi connectivity index (χ2n) is 5.86. The van der Waals surface area contributed by atoms with Gasteiger partial charge in [-0.1, -0.05) is 39.4 Å². The van der Waals surface area contributed by atoms with E-state index in [4.69, 9.17) is 0 Å². The molecule has 7 heteroatoms. The summed E-state index contributed by atoms with van der Waals surface area (Å²) in [5, 5.41) is 3.43. The Morgan fingerprint density at radius 2 is 1.96 bits per heavy atom. The van der Waals surface area contributed by atoms with Crippen molar-refractivity contribution < 1.29 is 9.59 Å². The molecule has 0 spiro atoms. The topological polar surface area (TPSA) is 62.3 Å². The number of benzene rings is 2. The largest absolute Gasteiger partial charge is 0.312 e. The molecule has 1 aliphatic heterocycles. The Kier molecular flexibility index (Phi) is 4.27. The standard InChI is InChI=1S/C18H14BrN3O2S/c19-12-5-7-13(8-6-12)22-10-11(9-16(22)23)17(24)21-18-20-14-3-1-2-4-15(14)25-18/h1-8,11H,9-10H2,(H,20,21,24)/t11-/m1/s1. The molecule has 0 saturated carbocycles. The van der Waals surface area contributed by atoms with Gasteiger partial charge in [0.25, 0.3) is 0 Å². The molecule has 1 atom stereocenters. The highest BCUT2D eigenvalue weighted by Gasteiger charge is 2.35. The molecule has 5 nitrogen and oxygen atoms in total. The molecule has 3 aromatic rings. The average molecular weight is 416 g/mol. The van der Waals surface area contributed by atoms with Gasteiger partial charge in [-0.25, -0.2) is 4.98 Å². The molecular formula is C18H14BrN3O2S. The van der Waals surface area contributed by atoms with Crippen molar-refractivity contribution in [2.24, 2.45) is 5.92 Å². The molecule has 25 heavy (non-hydrogen) atoms. The Hall–Kier alpha value is -2.25. The van der Waals surface area contributed by atoms with E-state index in [0.29, 0.717) is 11.7 Å². The molecule has 1 aromatic heterocycles. The maximum atomic E-state index is 12.5. The van der Waals surface area contributed by atoms with Crippen molar-refractivity contribution in [3.8, 4) is 0 Å². The fraction of sp³-hybridized carbons (Fsp3) is 0.167. The maximum absolute atomic E-state index is 12.5. The zero-order chi connectivity index (χ0) is 17.4. The highest BCUT2D eigenvalue weighted by molar-refractivity contribution is 9.10. The van der Waals surface area contributed by atoms with E-state index in [1.54, 1.807) is 4.90 Å². The van der Waals surface area contributed by atoms with Crippen LogP contribution in [0.15, 0.2) is 53.0 Å². The van der Waals surface area contributed by atoms with Crippen LogP contribution in [0.3, 0.4) is 0 Å². The van der Waals surface area contributed by atoms with Crippen molar-refractivity contribution in [2.45, 2.75) is 6.42 Å². The summed E-state index contributed by atoms with van der Waals surface area (Å²) < 4.78 is 1.98. The second kappa shape index (κ2) is 6.57. The van der Waals surface area contributed by atoms with Gasteiger partial charge >= 0.3 is 0 Å². The van der Waals surface area contributed by atoms with Gasteiger partial charge in [0.1, 0.15) is 0 Å². The Labute approximate surface area is 156 Å². The molecule has 0 radical (unpaired) electrons. The van der Waals surface area contributed by atoms with Crippen LogP contribution in [0.1, 0.15) is 6.42 Å². The summed E-state index contributed by atoms with van der Waals surface area (Å²) in [5.41, 5.74) is 1.67. The third-order valence-electron chi connectivity index (χ3n) is 4.16. The van der Waals surface area contributed by atoms with Crippen LogP contribution >= 0.6 is 27.3 Å². The van der Waals surface area contributed by atoms with Crippen LogP contribution in [-0.2, 0) is 9.59 Å². The lowest BCUT2D eigenvalue weighted by molar-refractivity contribution is -0.122. The predicted octanol–water partition coefficient (Wildman–Crippen LogP) is 4.05. The molecule has 0 bridgehead atoms. The van der Waals surface area contributed by atoms with E-state index in [2.05, 4.69) is 26.2 Å². The number of para-hydroxylation sites is 1. The fourth-order valence-corrected chi connectivity index (χ4v) is 4.02. The zero-order valence-corrected chi connectivity index (χ0v) is 15.5. The van der Waals surface area contributed by atoms with Gasteiger partial charge in [0.05, 0.1) is 16.1 Å². The summed E-state index contributed by atoms with van der Waals surface area (Å²) in [6.45, 7) is 0.386. The van der Waals surface area contributed by atoms with Crippen molar-refractivity contribution >= 4 is 60.1 Å². The first-order valence-electron chi connectivity index (χ1n) is 7.82. The molecule has 0 unspecified atom stereocenters. The van der Waals surface area contributed by atoms with E-state index in [-0.39, 0.29) is 24.2 Å². The van der Waals surface area contributed by atoms with Gasteiger partial charge in [-0.2, -0.15) is 0 Å². The Morgan fingerprint density at radius 3 is 2.72 bits per heavy atom. The summed E-state index contributed by atoms with van der Waals surface area (Å²) in [6.07, 6.45) is 0.215. The highest BCUT2D eigenvalue weighted by Crippen LogP contribution is 2.29. The number of carbonyl (C=O) groups excluding carboxylic acids is 2. The Balaban J connectivity index is 1.47. The molecule has 2 heterocycles. The van der Waals surface area contributed by atoms with Gasteiger partial charge < -0.3 is 10.2 Å². The van der Waals surface area contributed by atoms with Crippen LogP contribution < -0.4 is 10.2 Å². The maximum Gasteiger partial charge on any atom is 0.231 e. The van der Waals surface area contributed by atoms with Crippen molar-refractivity contribution in [2.75, 3.05) is 16.8 Å². The van der Waals surface area contributed by atoms with Gasteiger partial charge in [0, 0.05) is 23.1 Å². The minimum atomic E-state index is -0.372. The number of halogens is 1. The van der Waals surface area contributed by atoms with E-state index in [9.17, 15) is 9.59 Å². The number of hydrogen-bond donors (Lipinski definition) is 1. The lowest BCUT2D eigenvalue weighted by Crippen LogP contribution is -2.28. The minimum absolute atomic E-state index is 0.0354. The summed E-state index contributed by atoms with van der Waals surface area (Å²) in [4.78, 5) is 30.9. The molecule has 2 aromatic carbocycles. The molecule has 1 N–H and O–H groups in total. The first-order valence-corrected chi connectivity index (χ1v) is 9.43. The number of anilines is 2. The first-order chi connectivity index (χ1) is 12.1. The highest BCUT2D eigenvalue weighted by atomic mass is 79.9. The number of nitrogens with zero attached hydrogens (tertiary/aromatic N) is 2. The normalized spacial score (nSPS) is 17.2. The number of hydrogen-bond acceptors (Lipinski definition) is 4. The SMILES string of the molecule is O=C(Nc1nc2ccccc2s1)[C@@H]1CC(=O)N(c2ccc(Br)cc2)C1. The number of rotatable bonds is 3. The molecule has 0 aliphatic carbocycles. The fourth-order valence-electron chi connectivity index (χ4n) is 2.89. The number of fused-ring (bicyclic) bond motifs is 1. The zero-order valence-electron chi connectivity index (χ0n) is 13.1. The summed E-state index contributed by atoms with van der Waals surface area (Å²) in [5.74, 6) is -0.568. The van der Waals surface area contributed by atoms with E-state index in [0.717, 1.165) is 20.4 Å². The van der Waals surface area contributed by atoms with Gasteiger partial charge in [-0.3, -0.25) is 9.59 Å². The number of amides is 2. The average Bonchev–Trinajstić information content (AvgIpc) is 3.18. The van der Waals surface area contributed by atoms with Crippen LogP contribution in [0.25, 0.3) is 10.2 Å². The van der Waals surface area contributed by atoms with Crippen molar-refractivity contribution in [3.05, 3.63) is 53.0 Å². The van der Waals surface area contributed by atoms with Crippen molar-refractivity contribution in [3.63, 3.8) is 0 Å². The van der Waals surface area contributed by atoms with E-state index in [1.165, 1.54) is 11.3 Å². The smallest absolute Gasteiger partial charge is 0.231 e. The summed E-state index contributed by atoms with van der Waals surface area (Å²) in [7, 11) is 0. The minimum Gasteiger partial charge on any atom is -0.312 e. The molecule has 4 rings (SSSR count). The lowest BCUT2D eigenvalue weighted by atomic mass is 10.1. The van der Waals surface area contributed by atoms with Gasteiger partial charge in [0.2, 0.25) is 11.8 Å². The Bertz CT molecular complexity index is 921. The van der Waals surface area contributed by atoms with Crippen LogP contribution in [-0.4, -0.2) is 23.3 Å². The van der Waals surface area contributed by atoms with Crippen molar-refractivity contribution in [1.82, 2.24) is 4.98 Å². The van der Waals surface area contributed by atoms with Gasteiger partial charge in [-0.15, -0.1) is 0 Å². The monoisotopic (exact) mass is 415 g/mol. The lowest BCUT2D eigenvalue weighted by Gasteiger charge is -2.16. The van der Waals surface area contributed by atoms with Gasteiger partial charge in [0.15, 0.2) is 5.13 Å². The number of aromatic nitrogens is 1. The van der Waals surface area contributed by atoms with E-state index >= 15 is 0 Å². The molecular weight excluding hydrogens is 402 g/mol. The predicted molar refractivity (Wildman–Crippen MR) is 103 cm³/mol. The van der Waals surface area contributed by atoms with Gasteiger partial charge in [-0.05, 0) is 36.4 Å². The van der Waals surface area contributed by atoms with Crippen LogP contribution in [0, 0.1) is 5.92 Å². The molecule has 1 aliphatic rings. The first kappa shape index (κ1) is 16.2. The molecule has 2 amide bonds. The summed E-state index contributed by atoms with van der Waals surface area (Å²) >= 11 is 4.82.